The van der Waals surface area contributed by atoms with Crippen molar-refractivity contribution in [1.29, 1.82) is 0 Å². The Morgan fingerprint density at radius 3 is 2.93 bits per heavy atom. The summed E-state index contributed by atoms with van der Waals surface area (Å²) in [5.74, 6) is 0. The van der Waals surface area contributed by atoms with Crippen molar-refractivity contribution in [3.05, 3.63) is 30.5 Å². The Bertz CT molecular complexity index is 431. The second-order valence-corrected chi connectivity index (χ2v) is 4.01. The number of H-pyrrole nitrogens is 1. The van der Waals surface area contributed by atoms with Gasteiger partial charge in [-0.3, -0.25) is 0 Å². The van der Waals surface area contributed by atoms with E-state index in [1.54, 1.807) is 0 Å². The van der Waals surface area contributed by atoms with Crippen molar-refractivity contribution in [3.8, 4) is 0 Å². The quantitative estimate of drug-likeness (QED) is 0.797. The Hall–Kier alpha value is -1.48. The van der Waals surface area contributed by atoms with Crippen LogP contribution in [0.4, 0.5) is 5.69 Å². The van der Waals surface area contributed by atoms with Crippen LogP contribution in [-0.4, -0.2) is 37.1 Å². The summed E-state index contributed by atoms with van der Waals surface area (Å²) in [7, 11) is 4.16. The number of nitrogens with zero attached hydrogens (tertiary/aromatic N) is 1. The van der Waals surface area contributed by atoms with Crippen LogP contribution in [0.1, 0.15) is 0 Å². The smallest absolute Gasteiger partial charge is 0.0455 e. The van der Waals surface area contributed by atoms with Crippen molar-refractivity contribution in [3.63, 3.8) is 0 Å². The lowest BCUT2D eigenvalue weighted by molar-refractivity contribution is 0.425. The molecular formula is C12H17N3. The van der Waals surface area contributed by atoms with Gasteiger partial charge in [0.05, 0.1) is 0 Å². The van der Waals surface area contributed by atoms with E-state index in [4.69, 9.17) is 0 Å². The second kappa shape index (κ2) is 4.36. The summed E-state index contributed by atoms with van der Waals surface area (Å²) in [5.41, 5.74) is 2.37. The molecule has 0 atom stereocenters. The first-order valence-electron chi connectivity index (χ1n) is 5.21. The number of hydrogen-bond acceptors (Lipinski definition) is 2. The van der Waals surface area contributed by atoms with E-state index < -0.39 is 0 Å². The Balaban J connectivity index is 2.02. The van der Waals surface area contributed by atoms with Crippen molar-refractivity contribution in [2.45, 2.75) is 0 Å². The molecule has 0 radical (unpaired) electrons. The van der Waals surface area contributed by atoms with Gasteiger partial charge in [-0.1, -0.05) is 0 Å². The lowest BCUT2D eigenvalue weighted by atomic mass is 10.2. The molecule has 0 aliphatic carbocycles. The number of benzene rings is 1. The molecule has 0 saturated carbocycles. The number of aromatic nitrogens is 1. The van der Waals surface area contributed by atoms with Crippen LogP contribution in [0.2, 0.25) is 0 Å². The van der Waals surface area contributed by atoms with Gasteiger partial charge in [0, 0.05) is 35.9 Å². The lowest BCUT2D eigenvalue weighted by Crippen LogP contribution is -2.20. The van der Waals surface area contributed by atoms with Crippen LogP contribution in [0.3, 0.4) is 0 Å². The molecule has 15 heavy (non-hydrogen) atoms. The summed E-state index contributed by atoms with van der Waals surface area (Å²) in [6.07, 6.45) is 1.97. The SMILES string of the molecule is CN(C)CCNc1ccc2[nH]ccc2c1. The molecule has 1 heterocycles. The van der Waals surface area contributed by atoms with Gasteiger partial charge in [-0.05, 0) is 38.4 Å². The molecule has 2 N–H and O–H groups in total. The number of nitrogens with one attached hydrogen (secondary N) is 2. The second-order valence-electron chi connectivity index (χ2n) is 4.01. The first-order chi connectivity index (χ1) is 7.25. The molecule has 2 rings (SSSR count). The minimum atomic E-state index is 0.975. The molecule has 0 unspecified atom stereocenters. The fraction of sp³-hybridized carbons (Fsp3) is 0.333. The summed E-state index contributed by atoms with van der Waals surface area (Å²) >= 11 is 0. The zero-order chi connectivity index (χ0) is 10.7. The van der Waals surface area contributed by atoms with Crippen molar-refractivity contribution < 1.29 is 0 Å². The molecule has 1 aromatic heterocycles. The molecule has 0 fully saturated rings. The number of aromatic amines is 1. The Morgan fingerprint density at radius 2 is 2.13 bits per heavy atom. The van der Waals surface area contributed by atoms with Gasteiger partial charge in [0.2, 0.25) is 0 Å². The van der Waals surface area contributed by atoms with Crippen LogP contribution in [0.25, 0.3) is 10.9 Å². The maximum atomic E-state index is 3.40. The molecule has 2 aromatic rings. The van der Waals surface area contributed by atoms with Gasteiger partial charge in [-0.2, -0.15) is 0 Å². The third-order valence-electron chi connectivity index (χ3n) is 2.44. The Labute approximate surface area is 90.1 Å². The molecule has 0 aliphatic heterocycles. The van der Waals surface area contributed by atoms with Crippen molar-refractivity contribution in [2.75, 3.05) is 32.5 Å². The molecule has 0 bridgehead atoms. The highest BCUT2D eigenvalue weighted by atomic mass is 15.1. The monoisotopic (exact) mass is 203 g/mol. The predicted molar refractivity (Wildman–Crippen MR) is 65.3 cm³/mol. The lowest BCUT2D eigenvalue weighted by Gasteiger charge is -2.11. The van der Waals surface area contributed by atoms with Crippen LogP contribution in [-0.2, 0) is 0 Å². The highest BCUT2D eigenvalue weighted by Crippen LogP contribution is 2.17. The van der Waals surface area contributed by atoms with Crippen molar-refractivity contribution in [2.24, 2.45) is 0 Å². The summed E-state index contributed by atoms with van der Waals surface area (Å²) in [4.78, 5) is 5.35. The normalized spacial score (nSPS) is 11.1. The molecule has 1 aromatic carbocycles. The van der Waals surface area contributed by atoms with Crippen LogP contribution in [0.5, 0.6) is 0 Å². The van der Waals surface area contributed by atoms with Gasteiger partial charge >= 0.3 is 0 Å². The minimum absolute atomic E-state index is 0.975. The molecule has 0 aliphatic rings. The Morgan fingerprint density at radius 1 is 1.27 bits per heavy atom. The van der Waals surface area contributed by atoms with E-state index >= 15 is 0 Å². The molecule has 0 amide bonds. The van der Waals surface area contributed by atoms with E-state index in [2.05, 4.69) is 53.6 Å². The maximum Gasteiger partial charge on any atom is 0.0455 e. The average molecular weight is 203 g/mol. The fourth-order valence-electron chi connectivity index (χ4n) is 1.59. The first-order valence-corrected chi connectivity index (χ1v) is 5.21. The maximum absolute atomic E-state index is 3.40. The van der Waals surface area contributed by atoms with E-state index in [-0.39, 0.29) is 0 Å². The van der Waals surface area contributed by atoms with Crippen LogP contribution in [0.15, 0.2) is 30.5 Å². The molecule has 0 saturated heterocycles. The van der Waals surface area contributed by atoms with Gasteiger partial charge in [-0.15, -0.1) is 0 Å². The minimum Gasteiger partial charge on any atom is -0.384 e. The van der Waals surface area contributed by atoms with Crippen LogP contribution in [0, 0.1) is 0 Å². The third kappa shape index (κ3) is 2.50. The Kier molecular flexibility index (Phi) is 2.92. The van der Waals surface area contributed by atoms with E-state index in [0.717, 1.165) is 13.1 Å². The third-order valence-corrected chi connectivity index (χ3v) is 2.44. The molecule has 80 valence electrons. The number of hydrogen-bond donors (Lipinski definition) is 2. The van der Waals surface area contributed by atoms with Crippen molar-refractivity contribution in [1.82, 2.24) is 9.88 Å². The van der Waals surface area contributed by atoms with E-state index in [9.17, 15) is 0 Å². The van der Waals surface area contributed by atoms with Crippen molar-refractivity contribution >= 4 is 16.6 Å². The molecular weight excluding hydrogens is 186 g/mol. The van der Waals surface area contributed by atoms with Crippen LogP contribution < -0.4 is 5.32 Å². The van der Waals surface area contributed by atoms with Gasteiger partial charge in [0.15, 0.2) is 0 Å². The number of rotatable bonds is 4. The highest BCUT2D eigenvalue weighted by Gasteiger charge is 1.96. The van der Waals surface area contributed by atoms with E-state index in [0.29, 0.717) is 0 Å². The van der Waals surface area contributed by atoms with Gasteiger partial charge in [0.1, 0.15) is 0 Å². The number of likely N-dealkylation sites (N-methyl/N-ethyl adjacent to an activating group) is 1. The van der Waals surface area contributed by atoms with E-state index in [1.807, 2.05) is 6.20 Å². The fourth-order valence-corrected chi connectivity index (χ4v) is 1.59. The topological polar surface area (TPSA) is 31.1 Å². The summed E-state index contributed by atoms with van der Waals surface area (Å²) in [6, 6.07) is 8.47. The number of anilines is 1. The molecule has 3 nitrogen and oxygen atoms in total. The summed E-state index contributed by atoms with van der Waals surface area (Å²) in [5, 5.41) is 4.66. The molecule has 0 spiro atoms. The first kappa shape index (κ1) is 10.1. The summed E-state index contributed by atoms with van der Waals surface area (Å²) < 4.78 is 0. The zero-order valence-electron chi connectivity index (χ0n) is 9.25. The average Bonchev–Trinajstić information content (AvgIpc) is 2.64. The standard InChI is InChI=1S/C12H17N3/c1-15(2)8-7-13-11-3-4-12-10(9-11)5-6-14-12/h3-6,9,13-14H,7-8H2,1-2H3. The summed E-state index contributed by atoms with van der Waals surface area (Å²) in [6.45, 7) is 2.02. The van der Waals surface area contributed by atoms with Gasteiger partial charge in [-0.25, -0.2) is 0 Å². The highest BCUT2D eigenvalue weighted by molar-refractivity contribution is 5.82. The predicted octanol–water partition coefficient (Wildman–Crippen LogP) is 2.14. The van der Waals surface area contributed by atoms with E-state index in [1.165, 1.54) is 16.6 Å². The van der Waals surface area contributed by atoms with Gasteiger partial charge in [0.25, 0.3) is 0 Å². The zero-order valence-corrected chi connectivity index (χ0v) is 9.25. The molecule has 3 heteroatoms. The number of fused-ring (bicyclic) bond motifs is 1. The van der Waals surface area contributed by atoms with Crippen LogP contribution >= 0.6 is 0 Å². The van der Waals surface area contributed by atoms with Gasteiger partial charge < -0.3 is 15.2 Å². The largest absolute Gasteiger partial charge is 0.384 e.